The van der Waals surface area contributed by atoms with Gasteiger partial charge in [0.15, 0.2) is 0 Å². The lowest BCUT2D eigenvalue weighted by atomic mass is 9.76. The highest BCUT2D eigenvalue weighted by Crippen LogP contribution is 2.38. The molecular weight excluding hydrogens is 390 g/mol. The van der Waals surface area contributed by atoms with E-state index < -0.39 is 0 Å². The number of nitrogens with zero attached hydrogens (tertiary/aromatic N) is 1. The van der Waals surface area contributed by atoms with Crippen LogP contribution in [0.1, 0.15) is 100 Å². The van der Waals surface area contributed by atoms with Crippen LogP contribution in [0.5, 0.6) is 0 Å². The van der Waals surface area contributed by atoms with E-state index in [1.807, 2.05) is 32.6 Å². The first-order valence-corrected chi connectivity index (χ1v) is 11.5. The Hall–Kier alpha value is -2.37. The molecule has 0 radical (unpaired) electrons. The quantitative estimate of drug-likeness (QED) is 0.761. The number of hydrogen-bond acceptors (Lipinski definition) is 3. The van der Waals surface area contributed by atoms with Crippen molar-refractivity contribution >= 4 is 17.7 Å². The standard InChI is InChI=1S/C25H37N3O3/c1-17(29)28-24(2,3)15-21(16-25(28,4)5)27-23(31)19-13-11-18(12-14-19)22(30)26-20-9-7-6-8-10-20/h11-14,20-21H,6-10,15-16H2,1-5H3,(H,26,30)(H,27,31). The topological polar surface area (TPSA) is 78.5 Å². The molecule has 0 bridgehead atoms. The van der Waals surface area contributed by atoms with Gasteiger partial charge in [0.1, 0.15) is 0 Å². The van der Waals surface area contributed by atoms with Gasteiger partial charge in [-0.25, -0.2) is 0 Å². The summed E-state index contributed by atoms with van der Waals surface area (Å²) in [7, 11) is 0. The number of benzene rings is 1. The summed E-state index contributed by atoms with van der Waals surface area (Å²) in [5, 5.41) is 6.25. The highest BCUT2D eigenvalue weighted by Gasteiger charge is 2.46. The van der Waals surface area contributed by atoms with Crippen LogP contribution in [0.4, 0.5) is 0 Å². The summed E-state index contributed by atoms with van der Waals surface area (Å²) in [6.45, 7) is 9.80. The average Bonchev–Trinajstić information content (AvgIpc) is 2.66. The zero-order valence-electron chi connectivity index (χ0n) is 19.6. The fraction of sp³-hybridized carbons (Fsp3) is 0.640. The highest BCUT2D eigenvalue weighted by atomic mass is 16.2. The van der Waals surface area contributed by atoms with Gasteiger partial charge in [-0.3, -0.25) is 14.4 Å². The maximum Gasteiger partial charge on any atom is 0.251 e. The normalized spacial score (nSPS) is 21.4. The van der Waals surface area contributed by atoms with Gasteiger partial charge >= 0.3 is 0 Å². The van der Waals surface area contributed by atoms with E-state index in [2.05, 4.69) is 10.6 Å². The van der Waals surface area contributed by atoms with Crippen molar-refractivity contribution in [2.45, 2.75) is 103 Å². The summed E-state index contributed by atoms with van der Waals surface area (Å²) < 4.78 is 0. The van der Waals surface area contributed by atoms with Crippen LogP contribution >= 0.6 is 0 Å². The number of rotatable bonds is 4. The maximum absolute atomic E-state index is 12.9. The molecule has 1 aromatic carbocycles. The van der Waals surface area contributed by atoms with Crippen LogP contribution in [-0.4, -0.2) is 45.8 Å². The molecule has 1 saturated carbocycles. The lowest BCUT2D eigenvalue weighted by molar-refractivity contribution is -0.147. The lowest BCUT2D eigenvalue weighted by Gasteiger charge is -2.55. The molecule has 6 nitrogen and oxygen atoms in total. The highest BCUT2D eigenvalue weighted by molar-refractivity contribution is 5.98. The van der Waals surface area contributed by atoms with Gasteiger partial charge in [0.2, 0.25) is 5.91 Å². The number of carbonyl (C=O) groups excluding carboxylic acids is 3. The third-order valence-electron chi connectivity index (χ3n) is 6.70. The van der Waals surface area contributed by atoms with Gasteiger partial charge in [0.25, 0.3) is 11.8 Å². The zero-order chi connectivity index (χ0) is 22.8. The van der Waals surface area contributed by atoms with Crippen LogP contribution in [0.2, 0.25) is 0 Å². The summed E-state index contributed by atoms with van der Waals surface area (Å²) in [5.74, 6) is -0.159. The summed E-state index contributed by atoms with van der Waals surface area (Å²) in [5.41, 5.74) is 0.442. The molecule has 2 aliphatic rings. The Balaban J connectivity index is 1.62. The molecule has 1 aliphatic heterocycles. The van der Waals surface area contributed by atoms with E-state index in [0.717, 1.165) is 12.8 Å². The van der Waals surface area contributed by atoms with Crippen molar-refractivity contribution in [3.8, 4) is 0 Å². The van der Waals surface area contributed by atoms with Crippen molar-refractivity contribution in [2.75, 3.05) is 0 Å². The predicted molar refractivity (Wildman–Crippen MR) is 122 cm³/mol. The lowest BCUT2D eigenvalue weighted by Crippen LogP contribution is -2.65. The Labute approximate surface area is 186 Å². The van der Waals surface area contributed by atoms with Crippen LogP contribution < -0.4 is 10.6 Å². The largest absolute Gasteiger partial charge is 0.349 e. The Kier molecular flexibility index (Phi) is 6.77. The van der Waals surface area contributed by atoms with Gasteiger partial charge in [0, 0.05) is 41.2 Å². The first-order valence-electron chi connectivity index (χ1n) is 11.5. The van der Waals surface area contributed by atoms with E-state index >= 15 is 0 Å². The van der Waals surface area contributed by atoms with Crippen LogP contribution in [0.15, 0.2) is 24.3 Å². The Morgan fingerprint density at radius 1 is 0.774 bits per heavy atom. The molecule has 0 atom stereocenters. The second-order valence-electron chi connectivity index (χ2n) is 10.4. The van der Waals surface area contributed by atoms with Gasteiger partial charge in [-0.1, -0.05) is 19.3 Å². The molecule has 6 heteroatoms. The average molecular weight is 428 g/mol. The molecule has 0 unspecified atom stereocenters. The van der Waals surface area contributed by atoms with E-state index in [1.54, 1.807) is 31.2 Å². The van der Waals surface area contributed by atoms with E-state index in [-0.39, 0.29) is 40.9 Å². The summed E-state index contributed by atoms with van der Waals surface area (Å²) in [4.78, 5) is 39.5. The van der Waals surface area contributed by atoms with Crippen LogP contribution in [0.3, 0.4) is 0 Å². The predicted octanol–water partition coefficient (Wildman–Crippen LogP) is 4.05. The van der Waals surface area contributed by atoms with Crippen molar-refractivity contribution in [3.05, 3.63) is 35.4 Å². The fourth-order valence-electron chi connectivity index (χ4n) is 5.79. The summed E-state index contributed by atoms with van der Waals surface area (Å²) >= 11 is 0. The summed E-state index contributed by atoms with van der Waals surface area (Å²) in [6.07, 6.45) is 7.07. The molecule has 0 spiro atoms. The minimum atomic E-state index is -0.341. The number of piperidine rings is 1. The third-order valence-corrected chi connectivity index (χ3v) is 6.70. The minimum absolute atomic E-state index is 0.0256. The van der Waals surface area contributed by atoms with Crippen molar-refractivity contribution in [3.63, 3.8) is 0 Å². The smallest absolute Gasteiger partial charge is 0.251 e. The second kappa shape index (κ2) is 9.01. The van der Waals surface area contributed by atoms with E-state index in [9.17, 15) is 14.4 Å². The van der Waals surface area contributed by atoms with Gasteiger partial charge in [-0.15, -0.1) is 0 Å². The Bertz CT molecular complexity index is 805. The molecule has 1 heterocycles. The van der Waals surface area contributed by atoms with Crippen molar-refractivity contribution in [1.29, 1.82) is 0 Å². The first kappa shape index (κ1) is 23.3. The number of carbonyl (C=O) groups is 3. The molecule has 170 valence electrons. The third kappa shape index (κ3) is 5.46. The van der Waals surface area contributed by atoms with Crippen LogP contribution in [-0.2, 0) is 4.79 Å². The molecule has 0 aromatic heterocycles. The van der Waals surface area contributed by atoms with Crippen molar-refractivity contribution in [2.24, 2.45) is 0 Å². The van der Waals surface area contributed by atoms with Crippen molar-refractivity contribution in [1.82, 2.24) is 15.5 Å². The molecule has 1 aliphatic carbocycles. The van der Waals surface area contributed by atoms with Crippen LogP contribution in [0.25, 0.3) is 0 Å². The number of likely N-dealkylation sites (tertiary alicyclic amines) is 1. The number of amides is 3. The van der Waals surface area contributed by atoms with Gasteiger partial charge in [0.05, 0.1) is 0 Å². The molecular formula is C25H37N3O3. The number of hydrogen-bond donors (Lipinski definition) is 2. The molecule has 3 amide bonds. The molecule has 3 rings (SSSR count). The monoisotopic (exact) mass is 427 g/mol. The van der Waals surface area contributed by atoms with E-state index in [0.29, 0.717) is 24.0 Å². The molecule has 1 aromatic rings. The molecule has 1 saturated heterocycles. The Morgan fingerprint density at radius 2 is 1.19 bits per heavy atom. The van der Waals surface area contributed by atoms with E-state index in [1.165, 1.54) is 19.3 Å². The molecule has 31 heavy (non-hydrogen) atoms. The maximum atomic E-state index is 12.9. The molecule has 2 fully saturated rings. The number of nitrogens with one attached hydrogen (secondary N) is 2. The van der Waals surface area contributed by atoms with Crippen LogP contribution in [0, 0.1) is 0 Å². The molecule has 2 N–H and O–H groups in total. The fourth-order valence-corrected chi connectivity index (χ4v) is 5.79. The zero-order valence-corrected chi connectivity index (χ0v) is 19.6. The first-order chi connectivity index (χ1) is 14.5. The minimum Gasteiger partial charge on any atom is -0.349 e. The SMILES string of the molecule is CC(=O)N1C(C)(C)CC(NC(=O)c2ccc(C(=O)NC3CCCCC3)cc2)CC1(C)C. The summed E-state index contributed by atoms with van der Waals surface area (Å²) in [6, 6.07) is 7.11. The van der Waals surface area contributed by atoms with Gasteiger partial charge in [-0.2, -0.15) is 0 Å². The van der Waals surface area contributed by atoms with Gasteiger partial charge < -0.3 is 15.5 Å². The van der Waals surface area contributed by atoms with Crippen molar-refractivity contribution < 1.29 is 14.4 Å². The Morgan fingerprint density at radius 3 is 1.61 bits per heavy atom. The second-order valence-corrected chi connectivity index (χ2v) is 10.4. The van der Waals surface area contributed by atoms with E-state index in [4.69, 9.17) is 0 Å². The van der Waals surface area contributed by atoms with Gasteiger partial charge in [-0.05, 0) is 77.6 Å².